The van der Waals surface area contributed by atoms with Crippen molar-refractivity contribution < 1.29 is 28.3 Å². The third-order valence-corrected chi connectivity index (χ3v) is 5.52. The van der Waals surface area contributed by atoms with Gasteiger partial charge in [-0.15, -0.1) is 0 Å². The Balaban J connectivity index is 1.41. The van der Waals surface area contributed by atoms with E-state index in [-0.39, 0.29) is 29.9 Å². The number of nitrogens with one attached hydrogen (secondary N) is 1. The number of rotatable bonds is 6. The van der Waals surface area contributed by atoms with Crippen molar-refractivity contribution >= 4 is 40.9 Å². The highest BCUT2D eigenvalue weighted by atomic mass is 35.5. The molecule has 0 aliphatic carbocycles. The van der Waals surface area contributed by atoms with Crippen LogP contribution in [0.1, 0.15) is 12.2 Å². The van der Waals surface area contributed by atoms with E-state index in [0.29, 0.717) is 37.6 Å². The van der Waals surface area contributed by atoms with Crippen LogP contribution in [0.15, 0.2) is 46.9 Å². The molecule has 1 N–H and O–H groups in total. The standard InChI is InChI=1S/C22H24ClN3O6/c1-29-18-12-19(25(13-18)21(27)9-7-17-6-8-20(23)32-17)22(28)24-15-2-4-16(5-3-15)26-10-11-30-14-31-26/h2-9,18-19H,10-14H2,1H3,(H,24,28)/b9-7+/t18-,19-/m1/s1. The molecule has 3 heterocycles. The highest BCUT2D eigenvalue weighted by Gasteiger charge is 2.39. The first-order chi connectivity index (χ1) is 15.5. The van der Waals surface area contributed by atoms with Crippen molar-refractivity contribution in [3.05, 3.63) is 53.5 Å². The van der Waals surface area contributed by atoms with E-state index < -0.39 is 6.04 Å². The van der Waals surface area contributed by atoms with E-state index in [1.165, 1.54) is 17.1 Å². The fourth-order valence-corrected chi connectivity index (χ4v) is 3.79. The molecule has 1 aromatic carbocycles. The molecule has 0 bridgehead atoms. The molecule has 2 aliphatic rings. The van der Waals surface area contributed by atoms with Crippen LogP contribution in [0.5, 0.6) is 0 Å². The summed E-state index contributed by atoms with van der Waals surface area (Å²) in [5.74, 6) is -0.129. The molecule has 9 nitrogen and oxygen atoms in total. The second-order valence-electron chi connectivity index (χ2n) is 7.37. The molecule has 32 heavy (non-hydrogen) atoms. The first-order valence-electron chi connectivity index (χ1n) is 10.2. The van der Waals surface area contributed by atoms with Gasteiger partial charge in [-0.25, -0.2) is 9.90 Å². The van der Waals surface area contributed by atoms with Gasteiger partial charge in [0.15, 0.2) is 12.0 Å². The third kappa shape index (κ3) is 5.31. The normalized spacial score (nSPS) is 21.3. The van der Waals surface area contributed by atoms with E-state index in [4.69, 9.17) is 30.3 Å². The maximum atomic E-state index is 13.0. The first kappa shape index (κ1) is 22.3. The van der Waals surface area contributed by atoms with Crippen LogP contribution < -0.4 is 10.4 Å². The van der Waals surface area contributed by atoms with E-state index in [0.717, 1.165) is 5.69 Å². The highest BCUT2D eigenvalue weighted by Crippen LogP contribution is 2.24. The number of ether oxygens (including phenoxy) is 2. The Morgan fingerprint density at radius 3 is 2.69 bits per heavy atom. The molecule has 2 aromatic rings. The summed E-state index contributed by atoms with van der Waals surface area (Å²) in [6, 6.07) is 9.89. The van der Waals surface area contributed by atoms with Crippen molar-refractivity contribution in [2.75, 3.05) is 44.0 Å². The Hall–Kier alpha value is -2.85. The molecular weight excluding hydrogens is 438 g/mol. The number of hydrogen-bond donors (Lipinski definition) is 1. The molecule has 0 unspecified atom stereocenters. The number of furan rings is 1. The second-order valence-corrected chi connectivity index (χ2v) is 7.74. The maximum absolute atomic E-state index is 13.0. The van der Waals surface area contributed by atoms with Gasteiger partial charge in [0.25, 0.3) is 0 Å². The minimum Gasteiger partial charge on any atom is -0.445 e. The van der Waals surface area contributed by atoms with E-state index in [2.05, 4.69) is 5.32 Å². The molecule has 0 spiro atoms. The molecule has 1 aromatic heterocycles. The molecule has 0 radical (unpaired) electrons. The molecule has 2 aliphatic heterocycles. The van der Waals surface area contributed by atoms with Crippen molar-refractivity contribution in [1.29, 1.82) is 0 Å². The second kappa shape index (κ2) is 10.2. The SMILES string of the molecule is CO[C@@H]1C[C@H](C(=O)Nc2ccc(N3CCOCO3)cc2)N(C(=O)/C=C/c2ccc(Cl)o2)C1. The number of carbonyl (C=O) groups excluding carboxylic acids is 2. The van der Waals surface area contributed by atoms with Gasteiger partial charge in [0.05, 0.1) is 24.9 Å². The van der Waals surface area contributed by atoms with Gasteiger partial charge in [0, 0.05) is 31.8 Å². The van der Waals surface area contributed by atoms with Gasteiger partial charge in [0.2, 0.25) is 11.8 Å². The van der Waals surface area contributed by atoms with Gasteiger partial charge >= 0.3 is 0 Å². The Kier molecular flexibility index (Phi) is 7.11. The number of hydroxylamine groups is 1. The van der Waals surface area contributed by atoms with Crippen LogP contribution in [0.3, 0.4) is 0 Å². The number of benzene rings is 1. The lowest BCUT2D eigenvalue weighted by Gasteiger charge is -2.27. The summed E-state index contributed by atoms with van der Waals surface area (Å²) in [5.41, 5.74) is 1.49. The average molecular weight is 462 g/mol. The number of amides is 2. The lowest BCUT2D eigenvalue weighted by atomic mass is 10.1. The Bertz CT molecular complexity index is 970. The Labute approximate surface area is 190 Å². The van der Waals surface area contributed by atoms with E-state index in [9.17, 15) is 9.59 Å². The lowest BCUT2D eigenvalue weighted by molar-refractivity contribution is -0.132. The Morgan fingerprint density at radius 1 is 1.22 bits per heavy atom. The van der Waals surface area contributed by atoms with Crippen LogP contribution >= 0.6 is 11.6 Å². The molecule has 2 atom stereocenters. The number of likely N-dealkylation sites (tertiary alicyclic amines) is 1. The average Bonchev–Trinajstić information content (AvgIpc) is 3.45. The van der Waals surface area contributed by atoms with Crippen molar-refractivity contribution in [3.63, 3.8) is 0 Å². The van der Waals surface area contributed by atoms with Gasteiger partial charge in [-0.3, -0.25) is 9.59 Å². The largest absolute Gasteiger partial charge is 0.445 e. The summed E-state index contributed by atoms with van der Waals surface area (Å²) < 4.78 is 15.8. The topological polar surface area (TPSA) is 93.5 Å². The number of nitrogens with zero attached hydrogens (tertiary/aromatic N) is 2. The number of hydrogen-bond acceptors (Lipinski definition) is 7. The summed E-state index contributed by atoms with van der Waals surface area (Å²) in [7, 11) is 1.57. The van der Waals surface area contributed by atoms with Gasteiger partial charge in [-0.2, -0.15) is 0 Å². The van der Waals surface area contributed by atoms with Crippen molar-refractivity contribution in [2.45, 2.75) is 18.6 Å². The zero-order valence-corrected chi connectivity index (χ0v) is 18.3. The quantitative estimate of drug-likeness (QED) is 0.661. The predicted molar refractivity (Wildman–Crippen MR) is 118 cm³/mol. The van der Waals surface area contributed by atoms with Crippen LogP contribution in [0, 0.1) is 0 Å². The molecular formula is C22H24ClN3O6. The van der Waals surface area contributed by atoms with Crippen LogP contribution in [0.2, 0.25) is 5.22 Å². The minimum atomic E-state index is -0.653. The monoisotopic (exact) mass is 461 g/mol. The Morgan fingerprint density at radius 2 is 2.03 bits per heavy atom. The van der Waals surface area contributed by atoms with Gasteiger partial charge in [0.1, 0.15) is 11.8 Å². The summed E-state index contributed by atoms with van der Waals surface area (Å²) in [6.45, 7) is 1.75. The van der Waals surface area contributed by atoms with Gasteiger partial charge in [-0.1, -0.05) is 0 Å². The van der Waals surface area contributed by atoms with Gasteiger partial charge < -0.3 is 24.1 Å². The zero-order chi connectivity index (χ0) is 22.5. The molecule has 170 valence electrons. The number of carbonyl (C=O) groups is 2. The smallest absolute Gasteiger partial charge is 0.247 e. The van der Waals surface area contributed by atoms with Gasteiger partial charge in [-0.05, 0) is 54.1 Å². The highest BCUT2D eigenvalue weighted by molar-refractivity contribution is 6.28. The summed E-state index contributed by atoms with van der Waals surface area (Å²) in [6.07, 6.45) is 3.08. The van der Waals surface area contributed by atoms with Crippen molar-refractivity contribution in [1.82, 2.24) is 4.90 Å². The molecule has 10 heteroatoms. The molecule has 2 saturated heterocycles. The van der Waals surface area contributed by atoms with E-state index in [1.54, 1.807) is 36.4 Å². The molecule has 2 fully saturated rings. The lowest BCUT2D eigenvalue weighted by Crippen LogP contribution is -2.42. The molecule has 4 rings (SSSR count). The number of anilines is 2. The maximum Gasteiger partial charge on any atom is 0.247 e. The molecule has 0 saturated carbocycles. The fraction of sp³-hybridized carbons (Fsp3) is 0.364. The minimum absolute atomic E-state index is 0.214. The zero-order valence-electron chi connectivity index (χ0n) is 17.5. The predicted octanol–water partition coefficient (Wildman–Crippen LogP) is 2.93. The van der Waals surface area contributed by atoms with Crippen molar-refractivity contribution in [2.24, 2.45) is 0 Å². The number of methoxy groups -OCH3 is 1. The van der Waals surface area contributed by atoms with E-state index >= 15 is 0 Å². The van der Waals surface area contributed by atoms with Crippen LogP contribution in [0.4, 0.5) is 11.4 Å². The summed E-state index contributed by atoms with van der Waals surface area (Å²) in [5, 5.41) is 4.87. The van der Waals surface area contributed by atoms with Crippen molar-refractivity contribution in [3.8, 4) is 0 Å². The van der Waals surface area contributed by atoms with Crippen LogP contribution in [0.25, 0.3) is 6.08 Å². The first-order valence-corrected chi connectivity index (χ1v) is 10.6. The number of halogens is 1. The van der Waals surface area contributed by atoms with Crippen LogP contribution in [-0.4, -0.2) is 62.5 Å². The molecule has 2 amide bonds. The van der Waals surface area contributed by atoms with Crippen LogP contribution in [-0.2, 0) is 23.9 Å². The third-order valence-electron chi connectivity index (χ3n) is 5.32. The van der Waals surface area contributed by atoms with E-state index in [1.807, 2.05) is 12.1 Å². The summed E-state index contributed by atoms with van der Waals surface area (Å²) in [4.78, 5) is 32.7. The summed E-state index contributed by atoms with van der Waals surface area (Å²) >= 11 is 5.76. The fourth-order valence-electron chi connectivity index (χ4n) is 3.64.